The van der Waals surface area contributed by atoms with E-state index in [9.17, 15) is 0 Å². The van der Waals surface area contributed by atoms with Crippen LogP contribution in [0.25, 0.3) is 67.2 Å². The third kappa shape index (κ3) is 4.47. The first-order chi connectivity index (χ1) is 26.8. The average molecular weight is 690 g/mol. The van der Waals surface area contributed by atoms with Gasteiger partial charge in [0.25, 0.3) is 0 Å². The summed E-state index contributed by atoms with van der Waals surface area (Å²) in [6, 6.07) is 66.0. The zero-order valence-electron chi connectivity index (χ0n) is 29.1. The zero-order chi connectivity index (χ0) is 35.6. The molecule has 0 bridgehead atoms. The lowest BCUT2D eigenvalue weighted by Gasteiger charge is -2.40. The van der Waals surface area contributed by atoms with E-state index in [2.05, 4.69) is 152 Å². The Morgan fingerprint density at radius 3 is 1.54 bits per heavy atom. The minimum Gasteiger partial charge on any atom is -0.456 e. The van der Waals surface area contributed by atoms with Crippen molar-refractivity contribution in [2.24, 2.45) is 0 Å². The van der Waals surface area contributed by atoms with E-state index < -0.39 is 5.41 Å². The summed E-state index contributed by atoms with van der Waals surface area (Å²) in [4.78, 5) is 15.7. The predicted octanol–water partition coefficient (Wildman–Crippen LogP) is 12.2. The highest BCUT2D eigenvalue weighted by Gasteiger charge is 2.51. The van der Waals surface area contributed by atoms with Crippen molar-refractivity contribution < 1.29 is 4.74 Å². The van der Waals surface area contributed by atoms with Crippen LogP contribution < -0.4 is 4.74 Å². The van der Waals surface area contributed by atoms with Crippen molar-refractivity contribution >= 4 is 10.8 Å². The fraction of sp³-hybridized carbons (Fsp3) is 0.0200. The fourth-order valence-corrected chi connectivity index (χ4v) is 8.65. The number of aromatic nitrogens is 3. The summed E-state index contributed by atoms with van der Waals surface area (Å²) in [6.45, 7) is 0. The van der Waals surface area contributed by atoms with Crippen LogP contribution in [0.15, 0.2) is 188 Å². The molecule has 9 aromatic rings. The van der Waals surface area contributed by atoms with E-state index >= 15 is 0 Å². The Kier molecular flexibility index (Phi) is 6.73. The Hall–Kier alpha value is -7.17. The maximum atomic E-state index is 7.14. The van der Waals surface area contributed by atoms with Crippen LogP contribution in [0.2, 0.25) is 0 Å². The maximum absolute atomic E-state index is 7.14. The molecule has 11 rings (SSSR count). The molecular weight excluding hydrogens is 659 g/mol. The lowest BCUT2D eigenvalue weighted by Crippen LogP contribution is -2.32. The lowest BCUT2D eigenvalue weighted by molar-refractivity contribution is 0.438. The molecule has 0 fully saturated rings. The Balaban J connectivity index is 1.22. The molecule has 2 aliphatic rings. The fourth-order valence-electron chi connectivity index (χ4n) is 8.65. The molecule has 1 spiro atoms. The number of nitrogens with zero attached hydrogens (tertiary/aromatic N) is 3. The highest BCUT2D eigenvalue weighted by Crippen LogP contribution is 2.63. The summed E-state index contributed by atoms with van der Waals surface area (Å²) in [5, 5.41) is 2.10. The van der Waals surface area contributed by atoms with Crippen molar-refractivity contribution in [2.75, 3.05) is 0 Å². The van der Waals surface area contributed by atoms with Gasteiger partial charge in [0.2, 0.25) is 0 Å². The lowest BCUT2D eigenvalue weighted by atomic mass is 9.65. The molecule has 4 heteroatoms. The summed E-state index contributed by atoms with van der Waals surface area (Å²) in [5.74, 6) is 3.35. The molecule has 252 valence electrons. The Morgan fingerprint density at radius 1 is 0.370 bits per heavy atom. The molecule has 1 aliphatic heterocycles. The topological polar surface area (TPSA) is 47.9 Å². The molecule has 0 atom stereocenters. The molecule has 0 amide bonds. The molecule has 8 aromatic carbocycles. The quantitative estimate of drug-likeness (QED) is 0.185. The van der Waals surface area contributed by atoms with Gasteiger partial charge in [0.15, 0.2) is 17.5 Å². The van der Waals surface area contributed by atoms with Crippen LogP contribution in [-0.4, -0.2) is 15.0 Å². The molecule has 0 unspecified atom stereocenters. The van der Waals surface area contributed by atoms with Gasteiger partial charge in [0.05, 0.1) is 11.0 Å². The van der Waals surface area contributed by atoms with Gasteiger partial charge >= 0.3 is 0 Å². The van der Waals surface area contributed by atoms with Crippen molar-refractivity contribution in [3.05, 3.63) is 210 Å². The molecule has 0 saturated carbocycles. The molecule has 1 aliphatic carbocycles. The normalized spacial score (nSPS) is 13.1. The van der Waals surface area contributed by atoms with Gasteiger partial charge in [-0.3, -0.25) is 0 Å². The van der Waals surface area contributed by atoms with Crippen LogP contribution in [0.5, 0.6) is 11.5 Å². The number of rotatable bonds is 4. The smallest absolute Gasteiger partial charge is 0.168 e. The monoisotopic (exact) mass is 689 g/mol. The van der Waals surface area contributed by atoms with Gasteiger partial charge in [0, 0.05) is 22.3 Å². The largest absolute Gasteiger partial charge is 0.456 e. The van der Waals surface area contributed by atoms with Gasteiger partial charge in [-0.1, -0.05) is 176 Å². The summed E-state index contributed by atoms with van der Waals surface area (Å²) in [7, 11) is 0. The summed E-state index contributed by atoms with van der Waals surface area (Å²) < 4.78 is 7.14. The first-order valence-corrected chi connectivity index (χ1v) is 18.3. The van der Waals surface area contributed by atoms with Crippen molar-refractivity contribution in [3.8, 4) is 67.9 Å². The average Bonchev–Trinajstić information content (AvgIpc) is 3.54. The molecule has 0 saturated heterocycles. The van der Waals surface area contributed by atoms with E-state index in [0.717, 1.165) is 61.2 Å². The third-order valence-electron chi connectivity index (χ3n) is 11.0. The summed E-state index contributed by atoms with van der Waals surface area (Å²) >= 11 is 0. The number of hydrogen-bond acceptors (Lipinski definition) is 4. The van der Waals surface area contributed by atoms with E-state index in [4.69, 9.17) is 19.7 Å². The number of hydrogen-bond donors (Lipinski definition) is 0. The minimum atomic E-state index is -0.623. The SMILES string of the molecule is c1ccc(-c2ccc(-c3nc(-c4ccccc4)nc(-c4c5c(cc6ccccc46)C4(c6ccccc6O5)c5ccccc5-c5ccccc54)n3)cc2)cc1. The highest BCUT2D eigenvalue weighted by atomic mass is 16.5. The highest BCUT2D eigenvalue weighted by molar-refractivity contribution is 6.02. The van der Waals surface area contributed by atoms with E-state index in [0.29, 0.717) is 17.5 Å². The predicted molar refractivity (Wildman–Crippen MR) is 216 cm³/mol. The molecule has 54 heavy (non-hydrogen) atoms. The number of benzene rings is 8. The van der Waals surface area contributed by atoms with Crippen LogP contribution in [0.1, 0.15) is 22.3 Å². The van der Waals surface area contributed by atoms with E-state index in [1.165, 1.54) is 22.3 Å². The van der Waals surface area contributed by atoms with Crippen molar-refractivity contribution in [1.29, 1.82) is 0 Å². The van der Waals surface area contributed by atoms with Crippen LogP contribution in [-0.2, 0) is 5.41 Å². The van der Waals surface area contributed by atoms with Crippen molar-refractivity contribution in [3.63, 3.8) is 0 Å². The van der Waals surface area contributed by atoms with Crippen LogP contribution in [0.4, 0.5) is 0 Å². The second-order valence-corrected chi connectivity index (χ2v) is 13.9. The van der Waals surface area contributed by atoms with Crippen molar-refractivity contribution in [1.82, 2.24) is 15.0 Å². The second kappa shape index (κ2) is 11.9. The Labute approximate surface area is 313 Å². The number of ether oxygens (including phenoxy) is 1. The molecule has 2 heterocycles. The molecule has 0 N–H and O–H groups in total. The molecular formula is C50H31N3O. The van der Waals surface area contributed by atoms with Gasteiger partial charge in [0.1, 0.15) is 11.5 Å². The Morgan fingerprint density at radius 2 is 0.852 bits per heavy atom. The van der Waals surface area contributed by atoms with Gasteiger partial charge in [-0.05, 0) is 56.3 Å². The molecule has 4 nitrogen and oxygen atoms in total. The van der Waals surface area contributed by atoms with Crippen molar-refractivity contribution in [2.45, 2.75) is 5.41 Å². The van der Waals surface area contributed by atoms with E-state index in [-0.39, 0.29) is 0 Å². The number of para-hydroxylation sites is 1. The van der Waals surface area contributed by atoms with Crippen LogP contribution in [0.3, 0.4) is 0 Å². The Bertz CT molecular complexity index is 2860. The zero-order valence-corrected chi connectivity index (χ0v) is 29.1. The van der Waals surface area contributed by atoms with E-state index in [1.807, 2.05) is 36.4 Å². The third-order valence-corrected chi connectivity index (χ3v) is 11.0. The van der Waals surface area contributed by atoms with Crippen LogP contribution in [0, 0.1) is 0 Å². The molecule has 0 radical (unpaired) electrons. The summed E-state index contributed by atoms with van der Waals surface area (Å²) in [6.07, 6.45) is 0. The van der Waals surface area contributed by atoms with Gasteiger partial charge in [-0.2, -0.15) is 0 Å². The standard InChI is InChI=1S/C50H31N3O/c1-3-15-32(16-4-1)33-27-29-35(30-28-33)48-51-47(34-17-5-2-6-18-34)52-49(53-48)45-37-20-8-7-19-36(37)31-43-46(45)54-44-26-14-13-25-42(44)50(43)40-23-11-9-21-38(40)39-22-10-12-24-41(39)50/h1-31H. The van der Waals surface area contributed by atoms with Gasteiger partial charge in [-0.15, -0.1) is 0 Å². The minimum absolute atomic E-state index is 0.563. The second-order valence-electron chi connectivity index (χ2n) is 13.9. The van der Waals surface area contributed by atoms with Crippen LogP contribution >= 0.6 is 0 Å². The first kappa shape index (κ1) is 30.5. The van der Waals surface area contributed by atoms with E-state index in [1.54, 1.807) is 0 Å². The first-order valence-electron chi connectivity index (χ1n) is 18.3. The number of fused-ring (bicyclic) bond motifs is 10. The molecule has 1 aromatic heterocycles. The van der Waals surface area contributed by atoms with Gasteiger partial charge in [-0.25, -0.2) is 15.0 Å². The maximum Gasteiger partial charge on any atom is 0.168 e. The van der Waals surface area contributed by atoms with Gasteiger partial charge < -0.3 is 4.74 Å². The summed E-state index contributed by atoms with van der Waals surface area (Å²) in [5.41, 5.74) is 11.5.